The first kappa shape index (κ1) is 10.1. The Morgan fingerprint density at radius 2 is 2.50 bits per heavy atom. The van der Waals surface area contributed by atoms with Crippen molar-refractivity contribution < 1.29 is 0 Å². The molecule has 78 valence electrons. The lowest BCUT2D eigenvalue weighted by molar-refractivity contribution is 0.151. The molecule has 0 aromatic carbocycles. The van der Waals surface area contributed by atoms with E-state index in [1.807, 2.05) is 13.2 Å². The SMILES string of the molecule is CNC1(c2nccs2)CCCN(C)C1. The molecule has 1 fully saturated rings. The van der Waals surface area contributed by atoms with Gasteiger partial charge in [-0.2, -0.15) is 0 Å². The molecule has 2 rings (SSSR count). The summed E-state index contributed by atoms with van der Waals surface area (Å²) in [6, 6.07) is 0. The highest BCUT2D eigenvalue weighted by atomic mass is 32.1. The van der Waals surface area contributed by atoms with E-state index in [9.17, 15) is 0 Å². The van der Waals surface area contributed by atoms with Crippen molar-refractivity contribution in [1.82, 2.24) is 15.2 Å². The Labute approximate surface area is 89.1 Å². The molecule has 0 aliphatic carbocycles. The fourth-order valence-electron chi connectivity index (χ4n) is 2.21. The maximum absolute atomic E-state index is 4.45. The number of likely N-dealkylation sites (N-methyl/N-ethyl adjacent to an activating group) is 2. The second-order valence-corrected chi connectivity index (χ2v) is 4.91. The standard InChI is InChI=1S/C10H17N3S/c1-11-10(9-12-5-7-14-9)4-3-6-13(2)8-10/h5,7,11H,3-4,6,8H2,1-2H3. The zero-order chi connectivity index (χ0) is 10.0. The first-order valence-electron chi connectivity index (χ1n) is 5.04. The Kier molecular flexibility index (Phi) is 2.85. The summed E-state index contributed by atoms with van der Waals surface area (Å²) >= 11 is 1.75. The number of hydrogen-bond acceptors (Lipinski definition) is 4. The number of nitrogens with one attached hydrogen (secondary N) is 1. The molecule has 0 amide bonds. The number of thiazole rings is 1. The summed E-state index contributed by atoms with van der Waals surface area (Å²) in [5.41, 5.74) is 0.0984. The van der Waals surface area contributed by atoms with Crippen molar-refractivity contribution in [3.8, 4) is 0 Å². The molecular weight excluding hydrogens is 194 g/mol. The summed E-state index contributed by atoms with van der Waals surface area (Å²) in [6.45, 7) is 2.27. The third kappa shape index (κ3) is 1.69. The average Bonchev–Trinajstić information content (AvgIpc) is 2.71. The Bertz CT molecular complexity index is 286. The Hall–Kier alpha value is -0.450. The smallest absolute Gasteiger partial charge is 0.114 e. The second-order valence-electron chi connectivity index (χ2n) is 4.01. The van der Waals surface area contributed by atoms with E-state index in [2.05, 4.69) is 27.6 Å². The van der Waals surface area contributed by atoms with Crippen molar-refractivity contribution >= 4 is 11.3 Å². The molecule has 3 nitrogen and oxygen atoms in total. The molecule has 2 heterocycles. The van der Waals surface area contributed by atoms with Crippen molar-refractivity contribution in [2.24, 2.45) is 0 Å². The van der Waals surface area contributed by atoms with Gasteiger partial charge in [-0.15, -0.1) is 11.3 Å². The van der Waals surface area contributed by atoms with Gasteiger partial charge >= 0.3 is 0 Å². The first-order chi connectivity index (χ1) is 6.77. The van der Waals surface area contributed by atoms with E-state index in [-0.39, 0.29) is 5.54 Å². The van der Waals surface area contributed by atoms with Gasteiger partial charge in [0, 0.05) is 18.1 Å². The summed E-state index contributed by atoms with van der Waals surface area (Å²) < 4.78 is 0. The van der Waals surface area contributed by atoms with Gasteiger partial charge in [-0.05, 0) is 33.5 Å². The average molecular weight is 211 g/mol. The van der Waals surface area contributed by atoms with Crippen LogP contribution in [0.2, 0.25) is 0 Å². The summed E-state index contributed by atoms with van der Waals surface area (Å²) in [5, 5.41) is 6.74. The van der Waals surface area contributed by atoms with Gasteiger partial charge in [0.15, 0.2) is 0 Å². The molecule has 0 radical (unpaired) electrons. The molecule has 0 spiro atoms. The van der Waals surface area contributed by atoms with Crippen LogP contribution in [-0.2, 0) is 5.54 Å². The predicted molar refractivity (Wildman–Crippen MR) is 59.6 cm³/mol. The molecule has 1 aromatic rings. The van der Waals surface area contributed by atoms with E-state index in [4.69, 9.17) is 0 Å². The highest BCUT2D eigenvalue weighted by Gasteiger charge is 2.36. The van der Waals surface area contributed by atoms with E-state index >= 15 is 0 Å². The van der Waals surface area contributed by atoms with Crippen LogP contribution in [0.5, 0.6) is 0 Å². The third-order valence-electron chi connectivity index (χ3n) is 3.00. The van der Waals surface area contributed by atoms with Gasteiger partial charge in [-0.3, -0.25) is 0 Å². The van der Waals surface area contributed by atoms with E-state index < -0.39 is 0 Å². The Balaban J connectivity index is 2.25. The van der Waals surface area contributed by atoms with Gasteiger partial charge in [0.05, 0.1) is 5.54 Å². The van der Waals surface area contributed by atoms with Crippen LogP contribution in [0.15, 0.2) is 11.6 Å². The van der Waals surface area contributed by atoms with Crippen LogP contribution >= 0.6 is 11.3 Å². The van der Waals surface area contributed by atoms with Crippen molar-refractivity contribution in [1.29, 1.82) is 0 Å². The number of rotatable bonds is 2. The minimum Gasteiger partial charge on any atom is -0.307 e. The molecular formula is C10H17N3S. The van der Waals surface area contributed by atoms with Gasteiger partial charge in [-0.25, -0.2) is 4.98 Å². The number of hydrogen-bond donors (Lipinski definition) is 1. The lowest BCUT2D eigenvalue weighted by Crippen LogP contribution is -2.52. The van der Waals surface area contributed by atoms with Crippen LogP contribution in [0.3, 0.4) is 0 Å². The van der Waals surface area contributed by atoms with Crippen molar-refractivity contribution in [3.63, 3.8) is 0 Å². The molecule has 14 heavy (non-hydrogen) atoms. The molecule has 0 bridgehead atoms. The number of piperidine rings is 1. The fraction of sp³-hybridized carbons (Fsp3) is 0.700. The van der Waals surface area contributed by atoms with E-state index in [0.29, 0.717) is 0 Å². The lowest BCUT2D eigenvalue weighted by atomic mass is 9.90. The van der Waals surface area contributed by atoms with Crippen LogP contribution in [0.4, 0.5) is 0 Å². The zero-order valence-corrected chi connectivity index (χ0v) is 9.60. The Morgan fingerprint density at radius 1 is 1.64 bits per heavy atom. The van der Waals surface area contributed by atoms with Gasteiger partial charge in [-0.1, -0.05) is 0 Å². The molecule has 1 aliphatic heterocycles. The third-order valence-corrected chi connectivity index (χ3v) is 3.98. The van der Waals surface area contributed by atoms with E-state index in [1.54, 1.807) is 11.3 Å². The van der Waals surface area contributed by atoms with Crippen LogP contribution < -0.4 is 5.32 Å². The van der Waals surface area contributed by atoms with Crippen molar-refractivity contribution in [2.45, 2.75) is 18.4 Å². The number of aromatic nitrogens is 1. The largest absolute Gasteiger partial charge is 0.307 e. The molecule has 1 aliphatic rings. The van der Waals surface area contributed by atoms with E-state index in [0.717, 1.165) is 6.54 Å². The molecule has 0 saturated carbocycles. The maximum atomic E-state index is 4.45. The van der Waals surface area contributed by atoms with Crippen LogP contribution in [0.1, 0.15) is 17.8 Å². The van der Waals surface area contributed by atoms with Gasteiger partial charge in [0.1, 0.15) is 5.01 Å². The maximum Gasteiger partial charge on any atom is 0.114 e. The van der Waals surface area contributed by atoms with Crippen LogP contribution in [-0.4, -0.2) is 37.1 Å². The molecule has 4 heteroatoms. The molecule has 1 N–H and O–H groups in total. The highest BCUT2D eigenvalue weighted by molar-refractivity contribution is 7.09. The fourth-order valence-corrected chi connectivity index (χ4v) is 3.08. The number of likely N-dealkylation sites (tertiary alicyclic amines) is 1. The molecule has 1 atom stereocenters. The van der Waals surface area contributed by atoms with Gasteiger partial charge in [0.2, 0.25) is 0 Å². The van der Waals surface area contributed by atoms with Gasteiger partial charge in [0.25, 0.3) is 0 Å². The summed E-state index contributed by atoms with van der Waals surface area (Å²) in [5.74, 6) is 0. The summed E-state index contributed by atoms with van der Waals surface area (Å²) in [6.07, 6.45) is 4.34. The van der Waals surface area contributed by atoms with Crippen molar-refractivity contribution in [3.05, 3.63) is 16.6 Å². The normalized spacial score (nSPS) is 29.3. The first-order valence-corrected chi connectivity index (χ1v) is 5.92. The minimum atomic E-state index is 0.0984. The predicted octanol–water partition coefficient (Wildman–Crippen LogP) is 1.28. The number of nitrogens with zero attached hydrogens (tertiary/aromatic N) is 2. The van der Waals surface area contributed by atoms with Crippen LogP contribution in [0, 0.1) is 0 Å². The highest BCUT2D eigenvalue weighted by Crippen LogP contribution is 2.31. The topological polar surface area (TPSA) is 28.2 Å². The van der Waals surface area contributed by atoms with Crippen molar-refractivity contribution in [2.75, 3.05) is 27.2 Å². The molecule has 1 aromatic heterocycles. The minimum absolute atomic E-state index is 0.0984. The van der Waals surface area contributed by atoms with E-state index in [1.165, 1.54) is 24.4 Å². The molecule has 1 saturated heterocycles. The molecule has 1 unspecified atom stereocenters. The lowest BCUT2D eigenvalue weighted by Gasteiger charge is -2.39. The quantitative estimate of drug-likeness (QED) is 0.799. The monoisotopic (exact) mass is 211 g/mol. The van der Waals surface area contributed by atoms with Crippen LogP contribution in [0.25, 0.3) is 0 Å². The Morgan fingerprint density at radius 3 is 3.07 bits per heavy atom. The van der Waals surface area contributed by atoms with Gasteiger partial charge < -0.3 is 10.2 Å². The second kappa shape index (κ2) is 3.96. The zero-order valence-electron chi connectivity index (χ0n) is 8.79. The summed E-state index contributed by atoms with van der Waals surface area (Å²) in [4.78, 5) is 6.82. The summed E-state index contributed by atoms with van der Waals surface area (Å²) in [7, 11) is 4.22.